The van der Waals surface area contributed by atoms with Gasteiger partial charge in [0.15, 0.2) is 0 Å². The van der Waals surface area contributed by atoms with Crippen LogP contribution in [0.4, 0.5) is 0 Å². The average molecular weight is 132 g/mol. The van der Waals surface area contributed by atoms with Gasteiger partial charge in [0.1, 0.15) is 0 Å². The molecule has 0 aliphatic heterocycles. The monoisotopic (exact) mass is 132 g/mol. The zero-order valence-corrected chi connectivity index (χ0v) is 6.39. The van der Waals surface area contributed by atoms with Gasteiger partial charge < -0.3 is 5.01 Å². The Kier molecular flexibility index (Phi) is 3.73. The van der Waals surface area contributed by atoms with E-state index in [2.05, 4.69) is 12.6 Å². The fourth-order valence-electron chi connectivity index (χ4n) is 0.230. The molecule has 0 saturated carbocycles. The molecule has 48 valence electrons. The Morgan fingerprint density at radius 2 is 1.75 bits per heavy atom. The van der Waals surface area contributed by atoms with E-state index < -0.39 is 0 Å². The maximum absolute atomic E-state index is 3.91. The number of thiol groups is 1. The van der Waals surface area contributed by atoms with Crippen LogP contribution < -0.4 is 0 Å². The average Bonchev–Trinajstić information content (AvgIpc) is 1.67. The van der Waals surface area contributed by atoms with Crippen LogP contribution >= 0.6 is 12.6 Å². The molecule has 0 spiro atoms. The van der Waals surface area contributed by atoms with E-state index in [1.165, 1.54) is 0 Å². The molecule has 2 nitrogen and oxygen atoms in total. The van der Waals surface area contributed by atoms with E-state index in [9.17, 15) is 0 Å². The van der Waals surface area contributed by atoms with Crippen molar-refractivity contribution in [1.82, 2.24) is 10.0 Å². The highest BCUT2D eigenvalue weighted by molar-refractivity contribution is 7.83. The molecule has 0 unspecified atom stereocenters. The van der Waals surface area contributed by atoms with E-state index >= 15 is 0 Å². The van der Waals surface area contributed by atoms with Gasteiger partial charge in [0.25, 0.3) is 0 Å². The van der Waals surface area contributed by atoms with Gasteiger partial charge in [0.05, 0.1) is 0 Å². The Bertz CT molecular complexity index is 80.5. The Labute approximate surface area is 56.2 Å². The van der Waals surface area contributed by atoms with Crippen LogP contribution in [0, 0.1) is 0 Å². The summed E-state index contributed by atoms with van der Waals surface area (Å²) in [7, 11) is 5.88. The zero-order chi connectivity index (χ0) is 6.57. The van der Waals surface area contributed by atoms with Crippen molar-refractivity contribution in [3.05, 3.63) is 11.6 Å². The minimum atomic E-state index is 1.69. The Hall–Kier alpha value is -0.150. The van der Waals surface area contributed by atoms with E-state index in [1.807, 2.05) is 37.4 Å². The Balaban J connectivity index is 3.47. The predicted molar refractivity (Wildman–Crippen MR) is 39.6 cm³/mol. The number of hydrogen-bond donors (Lipinski definition) is 1. The van der Waals surface area contributed by atoms with E-state index in [-0.39, 0.29) is 0 Å². The van der Waals surface area contributed by atoms with E-state index in [0.717, 1.165) is 0 Å². The third kappa shape index (κ3) is 2.93. The smallest absolute Gasteiger partial charge is 0.0227 e. The third-order valence-corrected chi connectivity index (χ3v) is 1.05. The van der Waals surface area contributed by atoms with Gasteiger partial charge in [-0.2, -0.15) is 0 Å². The van der Waals surface area contributed by atoms with Crippen LogP contribution in [0.15, 0.2) is 11.6 Å². The number of hydrogen-bond acceptors (Lipinski definition) is 3. The molecule has 0 aromatic rings. The van der Waals surface area contributed by atoms with Gasteiger partial charge in [-0.15, -0.1) is 12.6 Å². The van der Waals surface area contributed by atoms with Crippen LogP contribution in [0.2, 0.25) is 0 Å². The molecule has 0 amide bonds. The van der Waals surface area contributed by atoms with Crippen LogP contribution in [-0.4, -0.2) is 31.2 Å². The van der Waals surface area contributed by atoms with Crippen LogP contribution in [-0.2, 0) is 0 Å². The molecule has 0 N–H and O–H groups in total. The molecule has 0 saturated heterocycles. The minimum absolute atomic E-state index is 1.69. The molecule has 0 atom stereocenters. The van der Waals surface area contributed by atoms with Gasteiger partial charge >= 0.3 is 0 Å². The molecule has 0 aromatic heterocycles. The van der Waals surface area contributed by atoms with Crippen molar-refractivity contribution < 1.29 is 0 Å². The van der Waals surface area contributed by atoms with Crippen molar-refractivity contribution >= 4 is 12.6 Å². The number of nitrogens with zero attached hydrogens (tertiary/aromatic N) is 2. The molecule has 0 bridgehead atoms. The molecule has 0 heterocycles. The summed E-state index contributed by atoms with van der Waals surface area (Å²) in [5.41, 5.74) is 0. The van der Waals surface area contributed by atoms with Gasteiger partial charge in [-0.25, -0.2) is 5.01 Å². The standard InChI is InChI=1S/C5H12N2S/c1-6(2)7(3)4-5-8/h4-5,8H,1-3H3/b5-4-. The molecule has 0 aromatic carbocycles. The lowest BCUT2D eigenvalue weighted by Gasteiger charge is -2.21. The van der Waals surface area contributed by atoms with Crippen LogP contribution in [0.3, 0.4) is 0 Å². The first kappa shape index (κ1) is 7.85. The Morgan fingerprint density at radius 3 is 1.88 bits per heavy atom. The van der Waals surface area contributed by atoms with E-state index in [0.29, 0.717) is 0 Å². The SMILES string of the molecule is CN(C)N(C)/C=C\S. The lowest BCUT2D eigenvalue weighted by Crippen LogP contribution is -2.27. The van der Waals surface area contributed by atoms with E-state index in [1.54, 1.807) is 5.41 Å². The molecule has 0 aliphatic rings. The molecule has 0 fully saturated rings. The van der Waals surface area contributed by atoms with Crippen molar-refractivity contribution in [3.8, 4) is 0 Å². The second kappa shape index (κ2) is 3.80. The first-order valence-corrected chi connectivity index (χ1v) is 2.91. The van der Waals surface area contributed by atoms with Gasteiger partial charge in [-0.1, -0.05) is 0 Å². The fraction of sp³-hybridized carbons (Fsp3) is 0.600. The van der Waals surface area contributed by atoms with Crippen LogP contribution in [0.25, 0.3) is 0 Å². The summed E-state index contributed by atoms with van der Waals surface area (Å²) in [5.74, 6) is 0. The van der Waals surface area contributed by atoms with Crippen LogP contribution in [0.1, 0.15) is 0 Å². The Morgan fingerprint density at radius 1 is 1.25 bits per heavy atom. The first-order chi connectivity index (χ1) is 3.68. The number of hydrazine groups is 1. The first-order valence-electron chi connectivity index (χ1n) is 2.39. The summed E-state index contributed by atoms with van der Waals surface area (Å²) in [6.07, 6.45) is 1.86. The van der Waals surface area contributed by atoms with Crippen molar-refractivity contribution in [2.45, 2.75) is 0 Å². The second-order valence-corrected chi connectivity index (χ2v) is 2.02. The lowest BCUT2D eigenvalue weighted by atomic mass is 10.9. The molecule has 8 heavy (non-hydrogen) atoms. The van der Waals surface area contributed by atoms with Gasteiger partial charge in [-0.05, 0) is 5.41 Å². The zero-order valence-electron chi connectivity index (χ0n) is 5.50. The molecule has 0 rings (SSSR count). The molecular formula is C5H12N2S. The highest BCUT2D eigenvalue weighted by atomic mass is 32.1. The highest BCUT2D eigenvalue weighted by Crippen LogP contribution is 1.87. The highest BCUT2D eigenvalue weighted by Gasteiger charge is 1.87. The molecule has 3 heteroatoms. The summed E-state index contributed by atoms with van der Waals surface area (Å²) in [6.45, 7) is 0. The van der Waals surface area contributed by atoms with Gasteiger partial charge in [-0.3, -0.25) is 0 Å². The summed E-state index contributed by atoms with van der Waals surface area (Å²) in [6, 6.07) is 0. The topological polar surface area (TPSA) is 6.48 Å². The quantitative estimate of drug-likeness (QED) is 0.438. The van der Waals surface area contributed by atoms with Gasteiger partial charge in [0, 0.05) is 27.3 Å². The third-order valence-electron chi connectivity index (χ3n) is 0.913. The summed E-state index contributed by atoms with van der Waals surface area (Å²) >= 11 is 3.91. The van der Waals surface area contributed by atoms with Crippen molar-refractivity contribution in [2.75, 3.05) is 21.1 Å². The minimum Gasteiger partial charge on any atom is -0.316 e. The second-order valence-electron chi connectivity index (χ2n) is 1.72. The van der Waals surface area contributed by atoms with Gasteiger partial charge in [0.2, 0.25) is 0 Å². The largest absolute Gasteiger partial charge is 0.316 e. The molecular weight excluding hydrogens is 120 g/mol. The fourth-order valence-corrected chi connectivity index (χ4v) is 0.423. The normalized spacial score (nSPS) is 11.1. The summed E-state index contributed by atoms with van der Waals surface area (Å²) in [4.78, 5) is 0. The molecule has 0 radical (unpaired) electrons. The maximum Gasteiger partial charge on any atom is 0.0227 e. The number of rotatable bonds is 2. The lowest BCUT2D eigenvalue weighted by molar-refractivity contribution is 0.116. The summed E-state index contributed by atoms with van der Waals surface area (Å²) in [5, 5.41) is 5.57. The van der Waals surface area contributed by atoms with Crippen molar-refractivity contribution in [1.29, 1.82) is 0 Å². The van der Waals surface area contributed by atoms with Crippen molar-refractivity contribution in [3.63, 3.8) is 0 Å². The molecule has 0 aliphatic carbocycles. The summed E-state index contributed by atoms with van der Waals surface area (Å²) < 4.78 is 0. The maximum atomic E-state index is 3.91. The van der Waals surface area contributed by atoms with Crippen LogP contribution in [0.5, 0.6) is 0 Å². The van der Waals surface area contributed by atoms with E-state index in [4.69, 9.17) is 0 Å². The van der Waals surface area contributed by atoms with Crippen molar-refractivity contribution in [2.24, 2.45) is 0 Å². The predicted octanol–water partition coefficient (Wildman–Crippen LogP) is 0.796.